The number of nitrogens with one attached hydrogen (secondary N) is 1. The molecular formula is C43H58N4O11. The van der Waals surface area contributed by atoms with E-state index in [4.69, 9.17) is 18.9 Å². The number of benzene rings is 2. The van der Waals surface area contributed by atoms with Gasteiger partial charge in [-0.1, -0.05) is 45.9 Å². The van der Waals surface area contributed by atoms with Crippen molar-refractivity contribution in [2.45, 2.75) is 85.9 Å². The maximum atomic E-state index is 14.4. The van der Waals surface area contributed by atoms with Crippen molar-refractivity contribution in [2.75, 3.05) is 45.7 Å². The van der Waals surface area contributed by atoms with Crippen LogP contribution in [0, 0.1) is 30.6 Å². The number of carbonyl (C=O) groups excluding carboxylic acids is 3. The summed E-state index contributed by atoms with van der Waals surface area (Å²) in [5.41, 5.74) is -0.149. The zero-order valence-electron chi connectivity index (χ0n) is 35.0. The van der Waals surface area contributed by atoms with Crippen LogP contribution in [0.4, 0.5) is 5.69 Å². The first-order valence-corrected chi connectivity index (χ1v) is 19.7. The van der Waals surface area contributed by atoms with Crippen LogP contribution in [0.25, 0.3) is 10.8 Å². The molecule has 1 fully saturated rings. The number of phenolic OH excluding ortho intramolecular Hbond substituents is 3. The second-order valence-corrected chi connectivity index (χ2v) is 16.1. The molecule has 5 N–H and O–H groups in total. The fourth-order valence-corrected chi connectivity index (χ4v) is 7.99. The van der Waals surface area contributed by atoms with Crippen LogP contribution >= 0.6 is 0 Å². The number of fused-ring (bicyclic) bond motifs is 14. The van der Waals surface area contributed by atoms with Gasteiger partial charge in [0, 0.05) is 75.5 Å². The highest BCUT2D eigenvalue weighted by molar-refractivity contribution is 6.23. The normalized spacial score (nSPS) is 31.1. The number of ketones is 1. The Bertz CT molecular complexity index is 2040. The monoisotopic (exact) mass is 806 g/mol. The number of esters is 1. The SMILES string of the molecule is CO[C@H]1/C=C/O[C@@]2(C)Oc3c(C)c(O)c4c(O)c(c(/C=N/N5CCN(C)CC5)c(O)c4c3C2=O)NC(=O)/C(C)=C\C=C\[C@H](C)C[C@@H](C)[C@@H](O)[C@@H](C)[C@H](OC(C)=O)[C@@H]1C. The van der Waals surface area contributed by atoms with Crippen molar-refractivity contribution >= 4 is 40.3 Å². The molecule has 5 bridgehead atoms. The van der Waals surface area contributed by atoms with E-state index in [1.807, 2.05) is 40.8 Å². The van der Waals surface area contributed by atoms with Gasteiger partial charge in [-0.3, -0.25) is 19.4 Å². The summed E-state index contributed by atoms with van der Waals surface area (Å²) in [5.74, 6) is -6.83. The zero-order valence-corrected chi connectivity index (χ0v) is 35.0. The third-order valence-electron chi connectivity index (χ3n) is 11.6. The molecule has 4 aliphatic heterocycles. The van der Waals surface area contributed by atoms with Gasteiger partial charge in [-0.2, -0.15) is 5.10 Å². The summed E-state index contributed by atoms with van der Waals surface area (Å²) in [5, 5.41) is 55.6. The van der Waals surface area contributed by atoms with Gasteiger partial charge < -0.3 is 49.6 Å². The molecule has 15 nitrogen and oxygen atoms in total. The number of phenols is 3. The molecule has 8 atom stereocenters. The molecule has 4 heterocycles. The number of Topliss-reactive ketones (excluding diaryl/α,β-unsaturated/α-hetero) is 1. The van der Waals surface area contributed by atoms with Gasteiger partial charge in [-0.15, -0.1) is 0 Å². The fraction of sp³-hybridized carbons (Fsp3) is 0.535. The number of nitrogens with zero attached hydrogens (tertiary/aromatic N) is 3. The summed E-state index contributed by atoms with van der Waals surface area (Å²) in [4.78, 5) is 42.6. The average molecular weight is 807 g/mol. The minimum Gasteiger partial charge on any atom is -0.507 e. The third-order valence-corrected chi connectivity index (χ3v) is 11.6. The fourth-order valence-electron chi connectivity index (χ4n) is 7.99. The van der Waals surface area contributed by atoms with Crippen LogP contribution in [0.15, 0.2) is 41.2 Å². The lowest BCUT2D eigenvalue weighted by Crippen LogP contribution is -2.44. The molecule has 6 rings (SSSR count). The van der Waals surface area contributed by atoms with Gasteiger partial charge in [0.2, 0.25) is 0 Å². The smallest absolute Gasteiger partial charge is 0.312 e. The first-order chi connectivity index (χ1) is 27.3. The molecule has 0 aromatic heterocycles. The minimum absolute atomic E-state index is 0.0243. The Morgan fingerprint density at radius 1 is 1.00 bits per heavy atom. The van der Waals surface area contributed by atoms with Crippen LogP contribution in [0.3, 0.4) is 0 Å². The Hall–Kier alpha value is -5.12. The number of amides is 1. The van der Waals surface area contributed by atoms with E-state index in [0.29, 0.717) is 19.5 Å². The van der Waals surface area contributed by atoms with E-state index < -0.39 is 70.8 Å². The summed E-state index contributed by atoms with van der Waals surface area (Å²) in [6.45, 7) is 15.9. The lowest BCUT2D eigenvalue weighted by molar-refractivity contribution is -0.159. The minimum atomic E-state index is -2.01. The molecule has 1 saturated heterocycles. The summed E-state index contributed by atoms with van der Waals surface area (Å²) in [7, 11) is 3.47. The molecule has 1 amide bonds. The van der Waals surface area contributed by atoms with Gasteiger partial charge in [0.25, 0.3) is 11.7 Å². The summed E-state index contributed by atoms with van der Waals surface area (Å²) >= 11 is 0. The molecule has 15 heteroatoms. The van der Waals surface area contributed by atoms with E-state index in [-0.39, 0.29) is 56.3 Å². The standard InChI is InChI=1S/C43H58N4O11/c1-22-12-11-13-23(2)42(54)45-34-29(21-44-47-17-15-46(9)16-18-47)37(51)31-32(38(34)52)36(50)27(6)40-33(31)41(53)43(8,58-40)56-19-14-30(55-10)25(4)39(57-28(7)48)26(5)35(49)24(3)20-22/h11-14,19,21-22,24-26,30,35,39,49-52H,15-18,20H2,1-10H3,(H,45,54)/b12-11+,19-14+,23-13-,44-21+/t22-,24+,25+,26+,30-,35+,39+,43-/m0/s1. The summed E-state index contributed by atoms with van der Waals surface area (Å²) < 4.78 is 23.7. The lowest BCUT2D eigenvalue weighted by Gasteiger charge is -2.36. The molecule has 0 unspecified atom stereocenters. The van der Waals surface area contributed by atoms with E-state index >= 15 is 0 Å². The van der Waals surface area contributed by atoms with E-state index in [9.17, 15) is 34.8 Å². The predicted molar refractivity (Wildman–Crippen MR) is 219 cm³/mol. The number of hydrazone groups is 1. The van der Waals surface area contributed by atoms with E-state index in [0.717, 1.165) is 13.1 Å². The number of piperazine rings is 1. The van der Waals surface area contributed by atoms with Crippen molar-refractivity contribution in [3.8, 4) is 23.0 Å². The van der Waals surface area contributed by atoms with Gasteiger partial charge in [0.15, 0.2) is 5.75 Å². The number of carbonyl (C=O) groups is 3. The molecule has 316 valence electrons. The van der Waals surface area contributed by atoms with E-state index in [1.165, 1.54) is 40.4 Å². The first-order valence-electron chi connectivity index (χ1n) is 19.7. The third kappa shape index (κ3) is 8.81. The number of methoxy groups -OCH3 is 1. The highest BCUT2D eigenvalue weighted by Gasteiger charge is 2.50. The number of hydrogen-bond donors (Lipinski definition) is 5. The van der Waals surface area contributed by atoms with Crippen molar-refractivity contribution in [1.82, 2.24) is 9.91 Å². The topological polar surface area (TPSA) is 200 Å². The Labute approximate surface area is 339 Å². The highest BCUT2D eigenvalue weighted by atomic mass is 16.7. The number of hydrogen-bond acceptors (Lipinski definition) is 14. The van der Waals surface area contributed by atoms with Crippen molar-refractivity contribution in [3.05, 3.63) is 52.8 Å². The number of anilines is 1. The predicted octanol–water partition coefficient (Wildman–Crippen LogP) is 5.36. The van der Waals surface area contributed by atoms with E-state index in [1.54, 1.807) is 30.2 Å². The van der Waals surface area contributed by atoms with Gasteiger partial charge in [0.1, 0.15) is 23.4 Å². The van der Waals surface area contributed by atoms with Gasteiger partial charge in [-0.05, 0) is 45.2 Å². The van der Waals surface area contributed by atoms with Crippen LogP contribution in [-0.4, -0.2) is 119 Å². The molecular weight excluding hydrogens is 748 g/mol. The zero-order chi connectivity index (χ0) is 42.8. The molecule has 58 heavy (non-hydrogen) atoms. The Balaban J connectivity index is 1.69. The Kier molecular flexibility index (Phi) is 13.5. The van der Waals surface area contributed by atoms with Crippen LogP contribution in [-0.2, 0) is 23.8 Å². The number of likely N-dealkylation sites (N-methyl/N-ethyl adjacent to an activating group) is 1. The molecule has 2 aromatic carbocycles. The number of rotatable bonds is 4. The molecule has 0 saturated carbocycles. The quantitative estimate of drug-likeness (QED) is 0.115. The lowest BCUT2D eigenvalue weighted by atomic mass is 9.79. The van der Waals surface area contributed by atoms with Crippen LogP contribution in [0.2, 0.25) is 0 Å². The average Bonchev–Trinajstić information content (AvgIpc) is 3.44. The van der Waals surface area contributed by atoms with E-state index in [2.05, 4.69) is 15.3 Å². The number of aliphatic hydroxyl groups excluding tert-OH is 1. The van der Waals surface area contributed by atoms with Gasteiger partial charge >= 0.3 is 11.8 Å². The second-order valence-electron chi connectivity index (χ2n) is 16.1. The van der Waals surface area contributed by atoms with Gasteiger partial charge in [-0.25, -0.2) is 0 Å². The molecule has 0 radical (unpaired) electrons. The maximum Gasteiger partial charge on any atom is 0.312 e. The van der Waals surface area contributed by atoms with Crippen molar-refractivity contribution in [1.29, 1.82) is 0 Å². The highest BCUT2D eigenvalue weighted by Crippen LogP contribution is 2.55. The number of allylic oxidation sites excluding steroid dienone is 3. The Morgan fingerprint density at radius 2 is 1.67 bits per heavy atom. The second kappa shape index (κ2) is 17.8. The molecule has 2 aromatic rings. The molecule has 0 aliphatic carbocycles. The summed E-state index contributed by atoms with van der Waals surface area (Å²) in [6, 6.07) is 0. The summed E-state index contributed by atoms with van der Waals surface area (Å²) in [6.07, 6.45) is 7.55. The number of aliphatic hydroxyl groups is 1. The van der Waals surface area contributed by atoms with Crippen molar-refractivity contribution in [2.24, 2.45) is 28.8 Å². The largest absolute Gasteiger partial charge is 0.507 e. The van der Waals surface area contributed by atoms with Crippen LogP contribution < -0.4 is 10.1 Å². The Morgan fingerprint density at radius 3 is 2.31 bits per heavy atom. The first kappa shape index (κ1) is 44.0. The van der Waals surface area contributed by atoms with Crippen LogP contribution in [0.1, 0.15) is 76.4 Å². The number of ether oxygens (including phenoxy) is 4. The van der Waals surface area contributed by atoms with Crippen LogP contribution in [0.5, 0.6) is 23.0 Å². The van der Waals surface area contributed by atoms with Crippen molar-refractivity contribution < 1.29 is 53.8 Å². The number of aromatic hydroxyl groups is 3. The maximum absolute atomic E-state index is 14.4. The van der Waals surface area contributed by atoms with Crippen molar-refractivity contribution in [3.63, 3.8) is 0 Å². The molecule has 0 spiro atoms. The molecule has 4 aliphatic rings. The van der Waals surface area contributed by atoms with Gasteiger partial charge in [0.05, 0.1) is 46.9 Å².